The van der Waals surface area contributed by atoms with Crippen molar-refractivity contribution in [1.82, 2.24) is 0 Å². The SMILES string of the molecule is CCC(CO)C(=O)N(C)c1c(C)cc(C)cc1C. The summed E-state index contributed by atoms with van der Waals surface area (Å²) in [5.74, 6) is -0.329. The number of aliphatic hydroxyl groups excluding tert-OH is 1. The predicted octanol–water partition coefficient (Wildman–Crippen LogP) is 2.59. The van der Waals surface area contributed by atoms with E-state index in [9.17, 15) is 9.90 Å². The average Bonchev–Trinajstić information content (AvgIpc) is 2.28. The molecule has 1 amide bonds. The number of nitrogens with zero attached hydrogens (tertiary/aromatic N) is 1. The fraction of sp³-hybridized carbons (Fsp3) is 0.533. The normalized spacial score (nSPS) is 12.3. The van der Waals surface area contributed by atoms with Crippen LogP contribution in [0.2, 0.25) is 0 Å². The number of amides is 1. The molecule has 18 heavy (non-hydrogen) atoms. The standard InChI is InChI=1S/C15H23NO2/c1-6-13(9-17)15(18)16(5)14-11(3)7-10(2)8-12(14)4/h7-8,13,17H,6,9H2,1-5H3. The van der Waals surface area contributed by atoms with Gasteiger partial charge in [-0.15, -0.1) is 0 Å². The van der Waals surface area contributed by atoms with E-state index in [1.54, 1.807) is 11.9 Å². The van der Waals surface area contributed by atoms with Crippen LogP contribution in [-0.2, 0) is 4.79 Å². The Labute approximate surface area is 109 Å². The van der Waals surface area contributed by atoms with Gasteiger partial charge in [0.1, 0.15) is 0 Å². The molecule has 100 valence electrons. The van der Waals surface area contributed by atoms with Crippen LogP contribution >= 0.6 is 0 Å². The molecule has 0 aromatic heterocycles. The lowest BCUT2D eigenvalue weighted by atomic mass is 10.0. The number of carbonyl (C=O) groups excluding carboxylic acids is 1. The molecule has 0 radical (unpaired) electrons. The van der Waals surface area contributed by atoms with Crippen molar-refractivity contribution >= 4 is 11.6 Å². The monoisotopic (exact) mass is 249 g/mol. The third kappa shape index (κ3) is 2.91. The van der Waals surface area contributed by atoms with Gasteiger partial charge in [0.05, 0.1) is 12.5 Å². The number of hydrogen-bond acceptors (Lipinski definition) is 2. The number of aliphatic hydroxyl groups is 1. The topological polar surface area (TPSA) is 40.5 Å². The maximum atomic E-state index is 12.3. The van der Waals surface area contributed by atoms with Gasteiger partial charge in [-0.25, -0.2) is 0 Å². The third-order valence-electron chi connectivity index (χ3n) is 3.36. The summed E-state index contributed by atoms with van der Waals surface area (Å²) in [6.45, 7) is 7.90. The Hall–Kier alpha value is -1.35. The van der Waals surface area contributed by atoms with E-state index in [0.29, 0.717) is 6.42 Å². The molecule has 0 aliphatic carbocycles. The Morgan fingerprint density at radius 3 is 2.17 bits per heavy atom. The van der Waals surface area contributed by atoms with E-state index < -0.39 is 0 Å². The predicted molar refractivity (Wildman–Crippen MR) is 74.9 cm³/mol. The molecule has 0 heterocycles. The molecular formula is C15H23NO2. The molecule has 1 aromatic carbocycles. The molecule has 0 fully saturated rings. The molecule has 0 aliphatic heterocycles. The van der Waals surface area contributed by atoms with Crippen molar-refractivity contribution in [3.05, 3.63) is 28.8 Å². The number of hydrogen-bond donors (Lipinski definition) is 1. The van der Waals surface area contributed by atoms with Crippen LogP contribution < -0.4 is 4.90 Å². The van der Waals surface area contributed by atoms with Crippen LogP contribution in [-0.4, -0.2) is 24.7 Å². The highest BCUT2D eigenvalue weighted by Gasteiger charge is 2.22. The summed E-state index contributed by atoms with van der Waals surface area (Å²) in [5.41, 5.74) is 4.34. The zero-order chi connectivity index (χ0) is 13.9. The molecule has 3 heteroatoms. The molecule has 0 bridgehead atoms. The Morgan fingerprint density at radius 1 is 1.28 bits per heavy atom. The largest absolute Gasteiger partial charge is 0.396 e. The van der Waals surface area contributed by atoms with Crippen molar-refractivity contribution in [3.8, 4) is 0 Å². The van der Waals surface area contributed by atoms with Gasteiger partial charge >= 0.3 is 0 Å². The highest BCUT2D eigenvalue weighted by atomic mass is 16.3. The van der Waals surface area contributed by atoms with Crippen molar-refractivity contribution in [3.63, 3.8) is 0 Å². The first-order valence-corrected chi connectivity index (χ1v) is 6.38. The van der Waals surface area contributed by atoms with E-state index in [0.717, 1.165) is 16.8 Å². The van der Waals surface area contributed by atoms with E-state index >= 15 is 0 Å². The highest BCUT2D eigenvalue weighted by molar-refractivity contribution is 5.96. The zero-order valence-electron chi connectivity index (χ0n) is 11.9. The van der Waals surface area contributed by atoms with Gasteiger partial charge in [-0.3, -0.25) is 4.79 Å². The van der Waals surface area contributed by atoms with Crippen LogP contribution in [0.25, 0.3) is 0 Å². The summed E-state index contributed by atoms with van der Waals surface area (Å²) >= 11 is 0. The highest BCUT2D eigenvalue weighted by Crippen LogP contribution is 2.26. The first kappa shape index (κ1) is 14.7. The van der Waals surface area contributed by atoms with E-state index in [2.05, 4.69) is 12.1 Å². The molecule has 1 N–H and O–H groups in total. The van der Waals surface area contributed by atoms with E-state index in [4.69, 9.17) is 0 Å². The first-order chi connectivity index (χ1) is 8.42. The van der Waals surface area contributed by atoms with Gasteiger partial charge in [-0.1, -0.05) is 24.6 Å². The molecular weight excluding hydrogens is 226 g/mol. The van der Waals surface area contributed by atoms with Crippen LogP contribution in [0.1, 0.15) is 30.0 Å². The third-order valence-corrected chi connectivity index (χ3v) is 3.36. The number of aryl methyl sites for hydroxylation is 3. The summed E-state index contributed by atoms with van der Waals surface area (Å²) in [5, 5.41) is 9.23. The molecule has 3 nitrogen and oxygen atoms in total. The minimum Gasteiger partial charge on any atom is -0.396 e. The van der Waals surface area contributed by atoms with Gasteiger partial charge in [0.15, 0.2) is 0 Å². The lowest BCUT2D eigenvalue weighted by Gasteiger charge is -2.25. The number of anilines is 1. The van der Waals surface area contributed by atoms with Crippen molar-refractivity contribution < 1.29 is 9.90 Å². The Morgan fingerprint density at radius 2 is 1.78 bits per heavy atom. The minimum absolute atomic E-state index is 0.0185. The molecule has 0 saturated carbocycles. The summed E-state index contributed by atoms with van der Waals surface area (Å²) in [4.78, 5) is 13.9. The van der Waals surface area contributed by atoms with Crippen LogP contribution in [0.15, 0.2) is 12.1 Å². The van der Waals surface area contributed by atoms with Crippen LogP contribution in [0.3, 0.4) is 0 Å². The van der Waals surface area contributed by atoms with Crippen LogP contribution in [0.4, 0.5) is 5.69 Å². The van der Waals surface area contributed by atoms with Gasteiger partial charge in [0.25, 0.3) is 0 Å². The van der Waals surface area contributed by atoms with Crippen molar-refractivity contribution in [2.75, 3.05) is 18.6 Å². The fourth-order valence-corrected chi connectivity index (χ4v) is 2.47. The molecule has 0 spiro atoms. The zero-order valence-corrected chi connectivity index (χ0v) is 11.9. The van der Waals surface area contributed by atoms with Gasteiger partial charge in [-0.05, 0) is 38.3 Å². The molecule has 0 aliphatic rings. The average molecular weight is 249 g/mol. The van der Waals surface area contributed by atoms with Crippen LogP contribution in [0.5, 0.6) is 0 Å². The van der Waals surface area contributed by atoms with E-state index in [1.165, 1.54) is 5.56 Å². The number of benzene rings is 1. The second-order valence-corrected chi connectivity index (χ2v) is 4.93. The first-order valence-electron chi connectivity index (χ1n) is 6.38. The second kappa shape index (κ2) is 6.01. The lowest BCUT2D eigenvalue weighted by molar-refractivity contribution is -0.123. The van der Waals surface area contributed by atoms with Gasteiger partial charge in [-0.2, -0.15) is 0 Å². The van der Waals surface area contributed by atoms with E-state index in [1.807, 2.05) is 27.7 Å². The maximum absolute atomic E-state index is 12.3. The molecule has 1 unspecified atom stereocenters. The summed E-state index contributed by atoms with van der Waals surface area (Å²) in [7, 11) is 1.78. The van der Waals surface area contributed by atoms with Gasteiger partial charge < -0.3 is 10.0 Å². The van der Waals surface area contributed by atoms with E-state index in [-0.39, 0.29) is 18.4 Å². The molecule has 1 atom stereocenters. The van der Waals surface area contributed by atoms with Crippen molar-refractivity contribution in [2.45, 2.75) is 34.1 Å². The van der Waals surface area contributed by atoms with Crippen molar-refractivity contribution in [2.24, 2.45) is 5.92 Å². The minimum atomic E-state index is -0.310. The number of carbonyl (C=O) groups is 1. The second-order valence-electron chi connectivity index (χ2n) is 4.93. The molecule has 0 saturated heterocycles. The molecule has 1 rings (SSSR count). The number of rotatable bonds is 4. The van der Waals surface area contributed by atoms with Gasteiger partial charge in [0, 0.05) is 12.7 Å². The Bertz CT molecular complexity index is 413. The summed E-state index contributed by atoms with van der Waals surface area (Å²) < 4.78 is 0. The smallest absolute Gasteiger partial charge is 0.232 e. The Balaban J connectivity index is 3.11. The van der Waals surface area contributed by atoms with Crippen LogP contribution in [0, 0.1) is 26.7 Å². The van der Waals surface area contributed by atoms with Crippen molar-refractivity contribution in [1.29, 1.82) is 0 Å². The maximum Gasteiger partial charge on any atom is 0.232 e. The quantitative estimate of drug-likeness (QED) is 0.891. The van der Waals surface area contributed by atoms with Gasteiger partial charge in [0.2, 0.25) is 5.91 Å². The summed E-state index contributed by atoms with van der Waals surface area (Å²) in [6.07, 6.45) is 0.656. The lowest BCUT2D eigenvalue weighted by Crippen LogP contribution is -2.35. The Kier molecular flexibility index (Phi) is 4.91. The molecule has 1 aromatic rings. The summed E-state index contributed by atoms with van der Waals surface area (Å²) in [6, 6.07) is 4.15. The fourth-order valence-electron chi connectivity index (χ4n) is 2.47.